The van der Waals surface area contributed by atoms with E-state index >= 15 is 0 Å². The molecule has 0 spiro atoms. The fraction of sp³-hybridized carbons (Fsp3) is 0.381. The molecule has 3 rings (SSSR count). The van der Waals surface area contributed by atoms with Crippen molar-refractivity contribution in [2.24, 2.45) is 0 Å². The molecule has 0 amide bonds. The van der Waals surface area contributed by atoms with Crippen LogP contribution in [-0.4, -0.2) is 26.0 Å². The van der Waals surface area contributed by atoms with E-state index < -0.39 is 33.4 Å². The van der Waals surface area contributed by atoms with Gasteiger partial charge in [-0.25, -0.2) is 17.5 Å². The van der Waals surface area contributed by atoms with E-state index in [-0.39, 0.29) is 10.6 Å². The highest BCUT2D eigenvalue weighted by Crippen LogP contribution is 2.29. The van der Waals surface area contributed by atoms with Gasteiger partial charge in [-0.15, -0.1) is 0 Å². The Labute approximate surface area is 170 Å². The number of aryl methyl sites for hydroxylation is 1. The van der Waals surface area contributed by atoms with E-state index in [2.05, 4.69) is 4.72 Å². The summed E-state index contributed by atoms with van der Waals surface area (Å²) in [6, 6.07) is 10.4. The number of hydrogen-bond donors (Lipinski definition) is 1. The molecule has 0 aliphatic heterocycles. The van der Waals surface area contributed by atoms with Crippen LogP contribution in [0.3, 0.4) is 0 Å². The fourth-order valence-electron chi connectivity index (χ4n) is 3.54. The third-order valence-electron chi connectivity index (χ3n) is 5.10. The summed E-state index contributed by atoms with van der Waals surface area (Å²) < 4.78 is 41.7. The van der Waals surface area contributed by atoms with Crippen LogP contribution in [0, 0.1) is 12.7 Å². The molecule has 0 unspecified atom stereocenters. The molecule has 0 radical (unpaired) electrons. The lowest BCUT2D eigenvalue weighted by Gasteiger charge is -2.21. The highest BCUT2D eigenvalue weighted by molar-refractivity contribution is 7.90. The maximum absolute atomic E-state index is 14.5. The molecule has 0 saturated heterocycles. The molecule has 0 bridgehead atoms. The van der Waals surface area contributed by atoms with Crippen molar-refractivity contribution < 1.29 is 17.6 Å². The predicted molar refractivity (Wildman–Crippen MR) is 110 cm³/mol. The molecule has 4 nitrogen and oxygen atoms in total. The van der Waals surface area contributed by atoms with Gasteiger partial charge in [0, 0.05) is 0 Å². The largest absolute Gasteiger partial charge is 0.293 e. The van der Waals surface area contributed by atoms with Crippen molar-refractivity contribution in [3.63, 3.8) is 0 Å². The van der Waals surface area contributed by atoms with Crippen LogP contribution >= 0.6 is 11.6 Å². The number of Topliss-reactive ketones (excluding diaryl/α,β-unsaturated/α-hetero) is 1. The Bertz CT molecular complexity index is 985. The second-order valence-electron chi connectivity index (χ2n) is 7.24. The summed E-state index contributed by atoms with van der Waals surface area (Å²) in [5.41, 5.74) is 2.22. The number of nitrogens with one attached hydrogen (secondary N) is 1. The number of carbonyl (C=O) groups is 1. The summed E-state index contributed by atoms with van der Waals surface area (Å²) >= 11 is 6.00. The second-order valence-corrected chi connectivity index (χ2v) is 9.69. The predicted octanol–water partition coefficient (Wildman–Crippen LogP) is 4.89. The van der Waals surface area contributed by atoms with Gasteiger partial charge in [0.25, 0.3) is 0 Å². The second kappa shape index (κ2) is 8.72. The summed E-state index contributed by atoms with van der Waals surface area (Å²) in [6.45, 7) is 1.45. The molecular weight excluding hydrogens is 401 g/mol. The van der Waals surface area contributed by atoms with Gasteiger partial charge < -0.3 is 0 Å². The lowest BCUT2D eigenvalue weighted by Crippen LogP contribution is -2.38. The number of sulfonamides is 1. The zero-order valence-electron chi connectivity index (χ0n) is 15.7. The summed E-state index contributed by atoms with van der Waals surface area (Å²) in [4.78, 5) is 12.6. The topological polar surface area (TPSA) is 63.2 Å². The first-order valence-corrected chi connectivity index (χ1v) is 11.3. The number of halogens is 2. The standard InChI is InChI=1S/C21H23ClFNO3S/c1-14-6-5-7-15(10-14)16-11-18(21(23)19(22)12-16)20(25)13-24-28(26,27)17-8-3-2-4-9-17/h5-7,10-12,17,24H,2-4,8-9,13H2,1H3. The van der Waals surface area contributed by atoms with Crippen molar-refractivity contribution in [3.05, 3.63) is 58.4 Å². The smallest absolute Gasteiger partial charge is 0.214 e. The summed E-state index contributed by atoms with van der Waals surface area (Å²) in [6.07, 6.45) is 3.93. The molecule has 1 aliphatic rings. The molecule has 0 aromatic heterocycles. The third-order valence-corrected chi connectivity index (χ3v) is 7.28. The molecule has 28 heavy (non-hydrogen) atoms. The summed E-state index contributed by atoms with van der Waals surface area (Å²) in [5.74, 6) is -1.48. The maximum atomic E-state index is 14.5. The van der Waals surface area contributed by atoms with Crippen molar-refractivity contribution >= 4 is 27.4 Å². The Morgan fingerprint density at radius 3 is 2.54 bits per heavy atom. The molecule has 1 fully saturated rings. The highest BCUT2D eigenvalue weighted by atomic mass is 35.5. The monoisotopic (exact) mass is 423 g/mol. The first-order chi connectivity index (χ1) is 13.3. The van der Waals surface area contributed by atoms with Crippen LogP contribution in [0.4, 0.5) is 4.39 Å². The number of ketones is 1. The minimum atomic E-state index is -3.60. The first-order valence-electron chi connectivity index (χ1n) is 9.35. The lowest BCUT2D eigenvalue weighted by atomic mass is 9.99. The molecule has 150 valence electrons. The zero-order chi connectivity index (χ0) is 20.3. The molecule has 1 aliphatic carbocycles. The number of benzene rings is 2. The Morgan fingerprint density at radius 2 is 1.86 bits per heavy atom. The minimum absolute atomic E-state index is 0.169. The van der Waals surface area contributed by atoms with Crippen LogP contribution in [0.1, 0.15) is 48.0 Å². The van der Waals surface area contributed by atoms with Crippen molar-refractivity contribution in [3.8, 4) is 11.1 Å². The van der Waals surface area contributed by atoms with E-state index in [0.29, 0.717) is 18.4 Å². The van der Waals surface area contributed by atoms with E-state index in [9.17, 15) is 17.6 Å². The van der Waals surface area contributed by atoms with E-state index in [1.54, 1.807) is 0 Å². The zero-order valence-corrected chi connectivity index (χ0v) is 17.2. The molecular formula is C21H23ClFNO3S. The van der Waals surface area contributed by atoms with Gasteiger partial charge in [-0.1, -0.05) is 60.7 Å². The Balaban J connectivity index is 1.81. The van der Waals surface area contributed by atoms with Crippen LogP contribution in [0.25, 0.3) is 11.1 Å². The van der Waals surface area contributed by atoms with Crippen LogP contribution in [0.5, 0.6) is 0 Å². The van der Waals surface area contributed by atoms with Crippen LogP contribution in [0.15, 0.2) is 36.4 Å². The summed E-state index contributed by atoms with van der Waals surface area (Å²) in [7, 11) is -3.60. The first kappa shape index (κ1) is 21.0. The lowest BCUT2D eigenvalue weighted by molar-refractivity contribution is 0.0993. The number of rotatable bonds is 6. The maximum Gasteiger partial charge on any atom is 0.214 e. The van der Waals surface area contributed by atoms with Crippen molar-refractivity contribution in [1.82, 2.24) is 4.72 Å². The third kappa shape index (κ3) is 4.80. The van der Waals surface area contributed by atoms with Gasteiger partial charge >= 0.3 is 0 Å². The van der Waals surface area contributed by atoms with E-state index in [1.807, 2.05) is 31.2 Å². The van der Waals surface area contributed by atoms with Gasteiger partial charge in [-0.3, -0.25) is 4.79 Å². The Kier molecular flexibility index (Phi) is 6.53. The van der Waals surface area contributed by atoms with Gasteiger partial charge in [0.1, 0.15) is 0 Å². The van der Waals surface area contributed by atoms with Crippen molar-refractivity contribution in [2.45, 2.75) is 44.3 Å². The SMILES string of the molecule is Cc1cccc(-c2cc(Cl)c(F)c(C(=O)CNS(=O)(=O)C3CCCCC3)c2)c1. The Morgan fingerprint density at radius 1 is 1.14 bits per heavy atom. The molecule has 0 heterocycles. The molecule has 2 aromatic rings. The van der Waals surface area contributed by atoms with Crippen LogP contribution in [-0.2, 0) is 10.0 Å². The van der Waals surface area contributed by atoms with E-state index in [0.717, 1.165) is 30.4 Å². The van der Waals surface area contributed by atoms with Gasteiger partial charge in [-0.2, -0.15) is 0 Å². The highest BCUT2D eigenvalue weighted by Gasteiger charge is 2.28. The van der Waals surface area contributed by atoms with Gasteiger partial charge in [0.2, 0.25) is 10.0 Å². The minimum Gasteiger partial charge on any atom is -0.293 e. The van der Waals surface area contributed by atoms with Gasteiger partial charge in [0.05, 0.1) is 22.4 Å². The number of hydrogen-bond acceptors (Lipinski definition) is 3. The van der Waals surface area contributed by atoms with E-state index in [1.165, 1.54) is 12.1 Å². The average Bonchev–Trinajstić information content (AvgIpc) is 2.69. The van der Waals surface area contributed by atoms with Crippen molar-refractivity contribution in [2.75, 3.05) is 6.54 Å². The van der Waals surface area contributed by atoms with Gasteiger partial charge in [0.15, 0.2) is 11.6 Å². The van der Waals surface area contributed by atoms with Crippen LogP contribution < -0.4 is 4.72 Å². The molecule has 1 N–H and O–H groups in total. The molecule has 7 heteroatoms. The Hall–Kier alpha value is -1.76. The number of carbonyl (C=O) groups excluding carboxylic acids is 1. The quantitative estimate of drug-likeness (QED) is 0.673. The molecule has 1 saturated carbocycles. The van der Waals surface area contributed by atoms with E-state index in [4.69, 9.17) is 11.6 Å². The fourth-order valence-corrected chi connectivity index (χ4v) is 5.28. The summed E-state index contributed by atoms with van der Waals surface area (Å²) in [5, 5.41) is -0.654. The average molecular weight is 424 g/mol. The van der Waals surface area contributed by atoms with Gasteiger partial charge in [-0.05, 0) is 43.0 Å². The van der Waals surface area contributed by atoms with Crippen molar-refractivity contribution in [1.29, 1.82) is 0 Å². The molecule has 0 atom stereocenters. The van der Waals surface area contributed by atoms with Crippen LogP contribution in [0.2, 0.25) is 5.02 Å². The normalized spacial score (nSPS) is 15.5. The molecule has 2 aromatic carbocycles.